The molecule has 8 heteroatoms. The van der Waals surface area contributed by atoms with Crippen LogP contribution in [0.5, 0.6) is 0 Å². The molecule has 1 aromatic heterocycles. The van der Waals surface area contributed by atoms with Gasteiger partial charge in [-0.3, -0.25) is 19.4 Å². The topological polar surface area (TPSA) is 112 Å². The second-order valence-corrected chi connectivity index (χ2v) is 14.3. The van der Waals surface area contributed by atoms with Crippen molar-refractivity contribution in [3.63, 3.8) is 0 Å². The summed E-state index contributed by atoms with van der Waals surface area (Å²) in [5, 5.41) is 12.0. The van der Waals surface area contributed by atoms with Crippen molar-refractivity contribution >= 4 is 17.5 Å². The summed E-state index contributed by atoms with van der Waals surface area (Å²) in [4.78, 5) is 43.5. The number of esters is 1. The Labute approximate surface area is 253 Å². The Balaban J connectivity index is 1.19. The molecule has 0 aromatic carbocycles. The molecule has 0 amide bonds. The first kappa shape index (κ1) is 29.1. The number of allylic oxidation sites excluding steroid dienone is 4. The third-order valence-electron chi connectivity index (χ3n) is 12.2. The first-order chi connectivity index (χ1) is 20.7. The molecule has 0 spiro atoms. The minimum absolute atomic E-state index is 0.00930. The van der Waals surface area contributed by atoms with E-state index in [1.165, 1.54) is 6.42 Å². The average molecular weight is 590 g/mol. The van der Waals surface area contributed by atoms with Crippen LogP contribution in [-0.4, -0.2) is 58.3 Å². The van der Waals surface area contributed by atoms with Crippen LogP contribution in [0.1, 0.15) is 77.2 Å². The summed E-state index contributed by atoms with van der Waals surface area (Å²) in [6.45, 7) is 3.87. The number of carbonyl (C=O) groups excluding carboxylic acids is 3. The normalized spacial score (nSPS) is 41.9. The van der Waals surface area contributed by atoms with Crippen molar-refractivity contribution in [2.75, 3.05) is 6.61 Å². The van der Waals surface area contributed by atoms with Crippen molar-refractivity contribution in [3.8, 4) is 0 Å². The summed E-state index contributed by atoms with van der Waals surface area (Å²) in [6.07, 6.45) is 15.2. The Kier molecular flexibility index (Phi) is 7.26. The molecule has 0 unspecified atom stereocenters. The van der Waals surface area contributed by atoms with Gasteiger partial charge >= 0.3 is 5.97 Å². The van der Waals surface area contributed by atoms with Crippen LogP contribution in [0.4, 0.5) is 0 Å². The maximum absolute atomic E-state index is 14.5. The zero-order chi connectivity index (χ0) is 30.0. The van der Waals surface area contributed by atoms with E-state index >= 15 is 0 Å². The lowest BCUT2D eigenvalue weighted by molar-refractivity contribution is -0.210. The molecule has 6 aliphatic rings. The number of hydrogen-bond acceptors (Lipinski definition) is 8. The van der Waals surface area contributed by atoms with E-state index < -0.39 is 40.9 Å². The second kappa shape index (κ2) is 10.7. The Bertz CT molecular complexity index is 1350. The van der Waals surface area contributed by atoms with Crippen molar-refractivity contribution in [2.24, 2.45) is 34.5 Å². The van der Waals surface area contributed by atoms with Crippen molar-refractivity contribution in [3.05, 3.63) is 53.9 Å². The molecule has 1 saturated heterocycles. The summed E-state index contributed by atoms with van der Waals surface area (Å²) in [7, 11) is 0. The van der Waals surface area contributed by atoms with E-state index in [2.05, 4.69) is 18.8 Å². The number of carbonyl (C=O) groups is 3. The van der Waals surface area contributed by atoms with Gasteiger partial charge in [-0.1, -0.05) is 44.8 Å². The number of fused-ring (bicyclic) bond motifs is 7. The van der Waals surface area contributed by atoms with Crippen LogP contribution in [-0.2, 0) is 35.0 Å². The number of pyridine rings is 1. The second-order valence-electron chi connectivity index (χ2n) is 14.3. The van der Waals surface area contributed by atoms with E-state index in [0.29, 0.717) is 12.8 Å². The van der Waals surface area contributed by atoms with E-state index in [1.54, 1.807) is 36.7 Å². The molecular formula is C35H43NO7. The molecule has 9 atom stereocenters. The summed E-state index contributed by atoms with van der Waals surface area (Å²) in [6, 6.07) is 3.51. The van der Waals surface area contributed by atoms with E-state index in [-0.39, 0.29) is 48.3 Å². The maximum Gasteiger partial charge on any atom is 0.310 e. The Hall–Kier alpha value is -2.68. The molecule has 230 valence electrons. The van der Waals surface area contributed by atoms with Gasteiger partial charge in [-0.2, -0.15) is 0 Å². The van der Waals surface area contributed by atoms with Crippen LogP contribution >= 0.6 is 0 Å². The number of ketones is 2. The predicted octanol–water partition coefficient (Wildman–Crippen LogP) is 4.69. The highest BCUT2D eigenvalue weighted by Gasteiger charge is 2.76. The molecule has 2 heterocycles. The monoisotopic (exact) mass is 589 g/mol. The predicted molar refractivity (Wildman–Crippen MR) is 156 cm³/mol. The average Bonchev–Trinajstić information content (AvgIpc) is 3.50. The fourth-order valence-electron chi connectivity index (χ4n) is 10.2. The molecule has 43 heavy (non-hydrogen) atoms. The van der Waals surface area contributed by atoms with Gasteiger partial charge in [0.2, 0.25) is 5.78 Å². The number of nitrogens with zero attached hydrogens (tertiary/aromatic N) is 1. The molecule has 1 aromatic rings. The highest BCUT2D eigenvalue weighted by Crippen LogP contribution is 2.70. The van der Waals surface area contributed by atoms with Gasteiger partial charge in [-0.25, -0.2) is 0 Å². The zero-order valence-corrected chi connectivity index (χ0v) is 25.2. The van der Waals surface area contributed by atoms with Gasteiger partial charge in [0.15, 0.2) is 24.3 Å². The van der Waals surface area contributed by atoms with E-state index in [1.807, 2.05) is 6.08 Å². The number of aliphatic hydroxyl groups excluding tert-OH is 1. The molecule has 5 fully saturated rings. The fraction of sp³-hybridized carbons (Fsp3) is 0.657. The van der Waals surface area contributed by atoms with Gasteiger partial charge in [0.1, 0.15) is 0 Å². The number of rotatable bonds is 6. The Morgan fingerprint density at radius 3 is 2.65 bits per heavy atom. The summed E-state index contributed by atoms with van der Waals surface area (Å²) < 4.78 is 19.2. The molecule has 1 aliphatic heterocycles. The van der Waals surface area contributed by atoms with Crippen LogP contribution in [0.3, 0.4) is 0 Å². The third kappa shape index (κ3) is 4.50. The van der Waals surface area contributed by atoms with Gasteiger partial charge in [0, 0.05) is 35.1 Å². The number of Topliss-reactive ketones (excluding diaryl/α,β-unsaturated/α-hetero) is 1. The Morgan fingerprint density at radius 1 is 1.12 bits per heavy atom. The number of aromatic nitrogens is 1. The minimum atomic E-state index is -1.29. The number of aliphatic hydroxyl groups is 1. The van der Waals surface area contributed by atoms with E-state index in [0.717, 1.165) is 49.7 Å². The highest BCUT2D eigenvalue weighted by atomic mass is 16.7. The van der Waals surface area contributed by atoms with Crippen LogP contribution in [0.15, 0.2) is 48.3 Å². The molecule has 4 saturated carbocycles. The van der Waals surface area contributed by atoms with Crippen LogP contribution < -0.4 is 0 Å². The Morgan fingerprint density at radius 2 is 1.88 bits per heavy atom. The standard InChI is InChI=1S/C35H43NO7/c1-33-13-10-24(37)17-23(33)8-9-25-26-18-29-35(34(26,2)19-27(38)31(25)33,43-32(42-29)22-6-4-3-5-7-22)28(39)20-41-30(40)16-21-11-14-36-15-12-21/h10-15,17,22,25-27,29,31-32,38H,3-9,16,18-20H2,1-2H3/t25-,26-,27-,29+,31+,32+,33-,34-,35+/m0/s1. The molecule has 1 N–H and O–H groups in total. The van der Waals surface area contributed by atoms with Crippen molar-refractivity contribution in [1.82, 2.24) is 4.98 Å². The maximum atomic E-state index is 14.5. The van der Waals surface area contributed by atoms with Crippen LogP contribution in [0.25, 0.3) is 0 Å². The zero-order valence-electron chi connectivity index (χ0n) is 25.2. The molecular weight excluding hydrogens is 546 g/mol. The van der Waals surface area contributed by atoms with Crippen LogP contribution in [0, 0.1) is 34.5 Å². The molecule has 5 aliphatic carbocycles. The smallest absolute Gasteiger partial charge is 0.310 e. The molecule has 0 radical (unpaired) electrons. The fourth-order valence-corrected chi connectivity index (χ4v) is 10.2. The van der Waals surface area contributed by atoms with Gasteiger partial charge in [0.25, 0.3) is 0 Å². The lowest BCUT2D eigenvalue weighted by atomic mass is 9.46. The minimum Gasteiger partial charge on any atom is -0.457 e. The van der Waals surface area contributed by atoms with E-state index in [4.69, 9.17) is 14.2 Å². The lowest BCUT2D eigenvalue weighted by Crippen LogP contribution is -2.63. The van der Waals surface area contributed by atoms with Gasteiger partial charge in [-0.05, 0) is 80.2 Å². The molecule has 7 rings (SSSR count). The largest absolute Gasteiger partial charge is 0.457 e. The van der Waals surface area contributed by atoms with Crippen molar-refractivity contribution < 1.29 is 33.7 Å². The first-order valence-corrected chi connectivity index (χ1v) is 16.2. The summed E-state index contributed by atoms with van der Waals surface area (Å²) in [5.74, 6) is -0.342. The first-order valence-electron chi connectivity index (χ1n) is 16.2. The van der Waals surface area contributed by atoms with E-state index in [9.17, 15) is 19.5 Å². The quantitative estimate of drug-likeness (QED) is 0.476. The lowest BCUT2D eigenvalue weighted by Gasteiger charge is -2.59. The highest BCUT2D eigenvalue weighted by molar-refractivity contribution is 6.01. The summed E-state index contributed by atoms with van der Waals surface area (Å²) >= 11 is 0. The summed E-state index contributed by atoms with van der Waals surface area (Å²) in [5.41, 5.74) is -0.520. The van der Waals surface area contributed by atoms with Crippen molar-refractivity contribution in [2.45, 2.75) is 102 Å². The number of ether oxygens (including phenoxy) is 3. The van der Waals surface area contributed by atoms with Gasteiger partial charge in [-0.15, -0.1) is 0 Å². The van der Waals surface area contributed by atoms with Crippen LogP contribution in [0.2, 0.25) is 0 Å². The molecule has 0 bridgehead atoms. The molecule has 8 nitrogen and oxygen atoms in total. The third-order valence-corrected chi connectivity index (χ3v) is 12.2. The van der Waals surface area contributed by atoms with Crippen molar-refractivity contribution in [1.29, 1.82) is 0 Å². The van der Waals surface area contributed by atoms with Gasteiger partial charge in [0.05, 0.1) is 18.6 Å². The SMILES string of the molecule is C[C@]12C=CC(=O)C=C1CC[C@@H]1[C@@H]2[C@@H](O)C[C@@]2(C)[C@H]1C[C@H]1O[C@@H](C3CCCCC3)O[C@]12C(=O)COC(=O)Cc1ccncc1. The van der Waals surface area contributed by atoms with Gasteiger partial charge < -0.3 is 19.3 Å². The number of hydrogen-bond donors (Lipinski definition) is 1.